The molecule has 1 nitrogen and oxygen atoms in total. The Balaban J connectivity index is 0. The third-order valence-corrected chi connectivity index (χ3v) is 0.563. The van der Waals surface area contributed by atoms with Gasteiger partial charge in [0.05, 0.1) is 6.07 Å². The second-order valence-corrected chi connectivity index (χ2v) is 1.31. The topological polar surface area (TPSA) is 23.8 Å². The highest BCUT2D eigenvalue weighted by Gasteiger charge is 1.52. The van der Waals surface area contributed by atoms with Gasteiger partial charge in [-0.2, -0.15) is 5.26 Å². The van der Waals surface area contributed by atoms with Crippen molar-refractivity contribution in [2.75, 3.05) is 0 Å². The summed E-state index contributed by atoms with van der Waals surface area (Å²) in [7, 11) is 0. The van der Waals surface area contributed by atoms with Crippen molar-refractivity contribution in [1.82, 2.24) is 0 Å². The summed E-state index contributed by atoms with van der Waals surface area (Å²) in [6, 6.07) is 1.69. The Bertz CT molecular complexity index is 106. The summed E-state index contributed by atoms with van der Waals surface area (Å²) in [4.78, 5) is 0. The van der Waals surface area contributed by atoms with Gasteiger partial charge in [-0.25, -0.2) is 0 Å². The van der Waals surface area contributed by atoms with Gasteiger partial charge in [-0.3, -0.25) is 0 Å². The molecule has 0 aliphatic rings. The van der Waals surface area contributed by atoms with Crippen LogP contribution in [-0.2, 0) is 0 Å². The molecular formula is C8H13N. The van der Waals surface area contributed by atoms with Gasteiger partial charge in [0.2, 0.25) is 0 Å². The molecule has 0 saturated heterocycles. The molecule has 0 bridgehead atoms. The third-order valence-electron chi connectivity index (χ3n) is 0.563. The molecule has 0 aromatic heterocycles. The molecule has 1 heteroatoms. The van der Waals surface area contributed by atoms with Crippen molar-refractivity contribution in [3.8, 4) is 6.07 Å². The summed E-state index contributed by atoms with van der Waals surface area (Å²) in [6.07, 6.45) is 6.52. The molecule has 0 saturated carbocycles. The molecule has 0 aliphatic heterocycles. The zero-order valence-corrected chi connectivity index (χ0v) is 6.09. The lowest BCUT2D eigenvalue weighted by molar-refractivity contribution is 1.22. The van der Waals surface area contributed by atoms with E-state index in [1.807, 2.05) is 6.92 Å². The van der Waals surface area contributed by atoms with E-state index in [0.717, 1.165) is 6.42 Å². The number of hydrogen-bond donors (Lipinski definition) is 0. The maximum Gasteiger partial charge on any atom is 0.0905 e. The van der Waals surface area contributed by atoms with Crippen LogP contribution in [0.4, 0.5) is 0 Å². The Morgan fingerprint density at radius 2 is 2.11 bits per heavy atom. The molecule has 0 N–H and O–H groups in total. The van der Waals surface area contributed by atoms with Gasteiger partial charge in [0.1, 0.15) is 0 Å². The van der Waals surface area contributed by atoms with Gasteiger partial charge in [-0.15, -0.1) is 0 Å². The normalized spacial score (nSPS) is 7.22. The van der Waals surface area contributed by atoms with E-state index >= 15 is 0 Å². The van der Waals surface area contributed by atoms with Crippen LogP contribution in [0.2, 0.25) is 0 Å². The molecule has 0 atom stereocenters. The zero-order valence-electron chi connectivity index (χ0n) is 6.09. The summed E-state index contributed by atoms with van der Waals surface area (Å²) in [5.41, 5.74) is 0. The minimum Gasteiger partial charge on any atom is -0.193 e. The summed E-state index contributed by atoms with van der Waals surface area (Å²) < 4.78 is 0. The maximum atomic E-state index is 7.51. The summed E-state index contributed by atoms with van der Waals surface area (Å²) in [5, 5.41) is 7.51. The maximum absolute atomic E-state index is 7.51. The minimum absolute atomic E-state index is 1.16. The number of rotatable bonds is 1. The van der Waals surface area contributed by atoms with Crippen LogP contribution < -0.4 is 0 Å². The lowest BCUT2D eigenvalue weighted by Gasteiger charge is -1.65. The number of nitriles is 1. The molecule has 0 aromatic rings. The van der Waals surface area contributed by atoms with Crippen LogP contribution >= 0.6 is 0 Å². The van der Waals surface area contributed by atoms with Crippen LogP contribution in [0.1, 0.15) is 20.3 Å². The standard InChI is InChI=1S/C5H10.C3H3N/c1-3-5-4-2;1-2-3-4/h3,5H,4H2,1-2H3;2H,1H2. The van der Waals surface area contributed by atoms with Crippen LogP contribution in [0.5, 0.6) is 0 Å². The van der Waals surface area contributed by atoms with E-state index in [1.54, 1.807) is 6.07 Å². The highest BCUT2D eigenvalue weighted by molar-refractivity contribution is 4.93. The smallest absolute Gasteiger partial charge is 0.0905 e. The first-order chi connectivity index (χ1) is 4.33. The van der Waals surface area contributed by atoms with Crippen molar-refractivity contribution in [2.45, 2.75) is 20.3 Å². The first-order valence-electron chi connectivity index (χ1n) is 2.95. The molecular weight excluding hydrogens is 110 g/mol. The Labute approximate surface area is 57.3 Å². The van der Waals surface area contributed by atoms with Gasteiger partial charge >= 0.3 is 0 Å². The molecule has 0 unspecified atom stereocenters. The fraction of sp³-hybridized carbons (Fsp3) is 0.375. The largest absolute Gasteiger partial charge is 0.193 e. The number of nitrogens with zero attached hydrogens (tertiary/aromatic N) is 1. The van der Waals surface area contributed by atoms with E-state index < -0.39 is 0 Å². The molecule has 0 radical (unpaired) electrons. The van der Waals surface area contributed by atoms with Gasteiger partial charge in [0.25, 0.3) is 0 Å². The number of hydrogen-bond acceptors (Lipinski definition) is 1. The van der Waals surface area contributed by atoms with Crippen LogP contribution in [0, 0.1) is 11.3 Å². The number of allylic oxidation sites excluding steroid dienone is 3. The van der Waals surface area contributed by atoms with E-state index in [9.17, 15) is 0 Å². The van der Waals surface area contributed by atoms with E-state index in [-0.39, 0.29) is 0 Å². The molecule has 0 rings (SSSR count). The van der Waals surface area contributed by atoms with Gasteiger partial charge in [-0.05, 0) is 13.3 Å². The highest BCUT2D eigenvalue weighted by atomic mass is 14.2. The molecule has 0 aromatic carbocycles. The van der Waals surface area contributed by atoms with Crippen LogP contribution in [0.3, 0.4) is 0 Å². The van der Waals surface area contributed by atoms with Crippen LogP contribution in [0.25, 0.3) is 0 Å². The molecule has 0 fully saturated rings. The van der Waals surface area contributed by atoms with Crippen LogP contribution in [-0.4, -0.2) is 0 Å². The predicted molar refractivity (Wildman–Crippen MR) is 40.9 cm³/mol. The summed E-state index contributed by atoms with van der Waals surface area (Å²) in [6.45, 7) is 7.27. The Kier molecular flexibility index (Phi) is 19.0. The van der Waals surface area contributed by atoms with Gasteiger partial charge in [0.15, 0.2) is 0 Å². The highest BCUT2D eigenvalue weighted by Crippen LogP contribution is 1.73. The molecule has 9 heavy (non-hydrogen) atoms. The van der Waals surface area contributed by atoms with Crippen molar-refractivity contribution in [3.05, 3.63) is 24.8 Å². The van der Waals surface area contributed by atoms with Gasteiger partial charge < -0.3 is 0 Å². The van der Waals surface area contributed by atoms with Crippen molar-refractivity contribution >= 4 is 0 Å². The van der Waals surface area contributed by atoms with E-state index in [2.05, 4.69) is 25.7 Å². The summed E-state index contributed by atoms with van der Waals surface area (Å²) in [5.74, 6) is 0. The molecule has 0 aliphatic carbocycles. The van der Waals surface area contributed by atoms with Crippen molar-refractivity contribution in [1.29, 1.82) is 5.26 Å². The third kappa shape index (κ3) is 44.4. The van der Waals surface area contributed by atoms with E-state index in [4.69, 9.17) is 5.26 Å². The van der Waals surface area contributed by atoms with E-state index in [0.29, 0.717) is 0 Å². The van der Waals surface area contributed by atoms with Crippen molar-refractivity contribution in [3.63, 3.8) is 0 Å². The van der Waals surface area contributed by atoms with Gasteiger partial charge in [-0.1, -0.05) is 25.7 Å². The fourth-order valence-corrected chi connectivity index (χ4v) is 0.236. The second kappa shape index (κ2) is 15.8. The average molecular weight is 123 g/mol. The lowest BCUT2D eigenvalue weighted by Crippen LogP contribution is -1.43. The Morgan fingerprint density at radius 3 is 2.11 bits per heavy atom. The van der Waals surface area contributed by atoms with Crippen LogP contribution in [0.15, 0.2) is 24.8 Å². The lowest BCUT2D eigenvalue weighted by atomic mass is 10.4. The Hall–Kier alpha value is -1.03. The minimum atomic E-state index is 1.16. The second-order valence-electron chi connectivity index (χ2n) is 1.31. The van der Waals surface area contributed by atoms with E-state index in [1.165, 1.54) is 6.08 Å². The first kappa shape index (κ1) is 10.9. The van der Waals surface area contributed by atoms with Gasteiger partial charge in [0, 0.05) is 6.08 Å². The van der Waals surface area contributed by atoms with Crippen molar-refractivity contribution in [2.24, 2.45) is 0 Å². The van der Waals surface area contributed by atoms with Crippen molar-refractivity contribution < 1.29 is 0 Å². The summed E-state index contributed by atoms with van der Waals surface area (Å²) >= 11 is 0. The Morgan fingerprint density at radius 1 is 1.67 bits per heavy atom. The SMILES string of the molecule is C=CC#N.CC=CCC. The quantitative estimate of drug-likeness (QED) is 0.388. The zero-order chi connectivity index (χ0) is 7.54. The molecule has 0 heterocycles. The first-order valence-corrected chi connectivity index (χ1v) is 2.95. The fourth-order valence-electron chi connectivity index (χ4n) is 0.236. The predicted octanol–water partition coefficient (Wildman–Crippen LogP) is 2.67. The molecule has 0 spiro atoms. The monoisotopic (exact) mass is 123 g/mol. The molecule has 50 valence electrons. The molecule has 0 amide bonds. The average Bonchev–Trinajstić information content (AvgIpc) is 1.91.